The lowest BCUT2D eigenvalue weighted by Gasteiger charge is -2.38. The molecule has 5 nitrogen and oxygen atoms in total. The summed E-state index contributed by atoms with van der Waals surface area (Å²) in [6.45, 7) is 4.58. The molecule has 27 heavy (non-hydrogen) atoms. The molecule has 9 heteroatoms. The van der Waals surface area contributed by atoms with Crippen molar-refractivity contribution in [2.24, 2.45) is 0 Å². The number of nitrogens with one attached hydrogen (secondary N) is 1. The molecule has 1 aliphatic heterocycles. The molecule has 0 spiro atoms. The van der Waals surface area contributed by atoms with Gasteiger partial charge in [0.1, 0.15) is 5.82 Å². The molecule has 1 amide bonds. The van der Waals surface area contributed by atoms with E-state index in [4.69, 9.17) is 0 Å². The number of pyridine rings is 1. The highest BCUT2D eigenvalue weighted by Gasteiger charge is 2.32. The highest BCUT2D eigenvalue weighted by atomic mass is 32.1. The number of amides is 1. The molecule has 0 bridgehead atoms. The van der Waals surface area contributed by atoms with E-state index < -0.39 is 11.7 Å². The SMILES string of the molecule is C[C@@H](C(=O)NCc1cccs1)N1CCN(c2cc(C(F)(F)F)ccn2)CC1. The summed E-state index contributed by atoms with van der Waals surface area (Å²) >= 11 is 1.59. The molecule has 1 N–H and O–H groups in total. The number of rotatable bonds is 5. The van der Waals surface area contributed by atoms with Gasteiger partial charge in [0, 0.05) is 37.3 Å². The van der Waals surface area contributed by atoms with Gasteiger partial charge in [0.25, 0.3) is 0 Å². The fraction of sp³-hybridized carbons (Fsp3) is 0.444. The Balaban J connectivity index is 1.53. The quantitative estimate of drug-likeness (QED) is 0.841. The maximum atomic E-state index is 12.9. The van der Waals surface area contributed by atoms with Crippen LogP contribution in [-0.2, 0) is 17.5 Å². The first-order chi connectivity index (χ1) is 12.8. The molecule has 2 aromatic heterocycles. The summed E-state index contributed by atoms with van der Waals surface area (Å²) in [5.74, 6) is 0.272. The number of thiophene rings is 1. The standard InChI is InChI=1S/C18H21F3N4OS/c1-13(17(26)23-12-15-3-2-10-27-15)24-6-8-25(9-7-24)16-11-14(4-5-22-16)18(19,20)21/h2-5,10-11,13H,6-9,12H2,1H3,(H,23,26)/t13-/m0/s1. The molecular weight excluding hydrogens is 377 g/mol. The van der Waals surface area contributed by atoms with Crippen molar-refractivity contribution in [3.8, 4) is 0 Å². The Kier molecular flexibility index (Phi) is 6.01. The van der Waals surface area contributed by atoms with Gasteiger partial charge in [-0.05, 0) is 30.5 Å². The van der Waals surface area contributed by atoms with Crippen LogP contribution in [0.15, 0.2) is 35.8 Å². The lowest BCUT2D eigenvalue weighted by molar-refractivity contribution is -0.137. The third-order valence-electron chi connectivity index (χ3n) is 4.66. The van der Waals surface area contributed by atoms with E-state index in [1.807, 2.05) is 34.2 Å². The monoisotopic (exact) mass is 398 g/mol. The molecule has 1 saturated heterocycles. The van der Waals surface area contributed by atoms with Gasteiger partial charge >= 0.3 is 6.18 Å². The topological polar surface area (TPSA) is 48.5 Å². The maximum absolute atomic E-state index is 12.9. The number of halogens is 3. The molecule has 1 atom stereocenters. The molecule has 0 unspecified atom stereocenters. The first kappa shape index (κ1) is 19.6. The predicted molar refractivity (Wildman–Crippen MR) is 98.7 cm³/mol. The molecule has 3 heterocycles. The van der Waals surface area contributed by atoms with Crippen LogP contribution in [0.5, 0.6) is 0 Å². The Morgan fingerprint density at radius 1 is 1.30 bits per heavy atom. The normalized spacial score (nSPS) is 17.0. The maximum Gasteiger partial charge on any atom is 0.416 e. The summed E-state index contributed by atoms with van der Waals surface area (Å²) in [5.41, 5.74) is -0.698. The molecule has 0 radical (unpaired) electrons. The first-order valence-corrected chi connectivity index (χ1v) is 9.55. The van der Waals surface area contributed by atoms with Gasteiger partial charge in [-0.1, -0.05) is 6.07 Å². The second kappa shape index (κ2) is 8.26. The average Bonchev–Trinajstić information content (AvgIpc) is 3.19. The van der Waals surface area contributed by atoms with Crippen molar-refractivity contribution in [3.05, 3.63) is 46.3 Å². The van der Waals surface area contributed by atoms with Crippen LogP contribution in [-0.4, -0.2) is 48.0 Å². The minimum absolute atomic E-state index is 0.0472. The van der Waals surface area contributed by atoms with Crippen molar-refractivity contribution in [2.45, 2.75) is 25.7 Å². The fourth-order valence-electron chi connectivity index (χ4n) is 3.01. The Morgan fingerprint density at radius 2 is 2.04 bits per heavy atom. The minimum atomic E-state index is -4.38. The number of aromatic nitrogens is 1. The summed E-state index contributed by atoms with van der Waals surface area (Å²) in [7, 11) is 0. The number of carbonyl (C=O) groups excluding carboxylic acids is 1. The molecule has 0 aromatic carbocycles. The molecule has 0 aliphatic carbocycles. The second-order valence-corrected chi connectivity index (χ2v) is 7.43. The Morgan fingerprint density at radius 3 is 2.67 bits per heavy atom. The van der Waals surface area contributed by atoms with Gasteiger partial charge in [-0.25, -0.2) is 4.98 Å². The van der Waals surface area contributed by atoms with E-state index in [1.54, 1.807) is 11.3 Å². The lowest BCUT2D eigenvalue weighted by Crippen LogP contribution is -2.54. The van der Waals surface area contributed by atoms with Gasteiger partial charge in [-0.3, -0.25) is 9.69 Å². The van der Waals surface area contributed by atoms with Gasteiger partial charge in [0.2, 0.25) is 5.91 Å². The third kappa shape index (κ3) is 4.98. The smallest absolute Gasteiger partial charge is 0.354 e. The summed E-state index contributed by atoms with van der Waals surface area (Å²) in [5, 5.41) is 4.89. The van der Waals surface area contributed by atoms with Crippen LogP contribution in [0.4, 0.5) is 19.0 Å². The van der Waals surface area contributed by atoms with Gasteiger partial charge in [0.05, 0.1) is 18.2 Å². The molecule has 2 aromatic rings. The summed E-state index contributed by atoms with van der Waals surface area (Å²) in [6.07, 6.45) is -3.19. The molecule has 3 rings (SSSR count). The number of nitrogens with zero attached hydrogens (tertiary/aromatic N) is 3. The van der Waals surface area contributed by atoms with Crippen LogP contribution in [0, 0.1) is 0 Å². The molecular formula is C18H21F3N4OS. The van der Waals surface area contributed by atoms with Gasteiger partial charge in [-0.2, -0.15) is 13.2 Å². The largest absolute Gasteiger partial charge is 0.416 e. The van der Waals surface area contributed by atoms with Gasteiger partial charge in [0.15, 0.2) is 0 Å². The fourth-order valence-corrected chi connectivity index (χ4v) is 3.65. The molecule has 1 aliphatic rings. The third-order valence-corrected chi connectivity index (χ3v) is 5.53. The second-order valence-electron chi connectivity index (χ2n) is 6.40. The van der Waals surface area contributed by atoms with E-state index in [0.717, 1.165) is 17.0 Å². The van der Waals surface area contributed by atoms with Gasteiger partial charge < -0.3 is 10.2 Å². The van der Waals surface area contributed by atoms with Crippen LogP contribution in [0.25, 0.3) is 0 Å². The van der Waals surface area contributed by atoms with E-state index in [-0.39, 0.29) is 11.9 Å². The van der Waals surface area contributed by atoms with E-state index in [9.17, 15) is 18.0 Å². The van der Waals surface area contributed by atoms with Crippen LogP contribution < -0.4 is 10.2 Å². The zero-order valence-electron chi connectivity index (χ0n) is 14.9. The minimum Gasteiger partial charge on any atom is -0.354 e. The van der Waals surface area contributed by atoms with E-state index in [1.165, 1.54) is 6.20 Å². The number of hydrogen-bond donors (Lipinski definition) is 1. The van der Waals surface area contributed by atoms with Crippen molar-refractivity contribution < 1.29 is 18.0 Å². The molecule has 0 saturated carbocycles. The lowest BCUT2D eigenvalue weighted by atomic mass is 10.2. The van der Waals surface area contributed by atoms with Crippen molar-refractivity contribution in [3.63, 3.8) is 0 Å². The highest BCUT2D eigenvalue weighted by Crippen LogP contribution is 2.30. The number of anilines is 1. The zero-order valence-corrected chi connectivity index (χ0v) is 15.7. The Bertz CT molecular complexity index is 758. The first-order valence-electron chi connectivity index (χ1n) is 8.67. The number of carbonyl (C=O) groups is 1. The van der Waals surface area contributed by atoms with Crippen molar-refractivity contribution in [2.75, 3.05) is 31.1 Å². The predicted octanol–water partition coefficient (Wildman–Crippen LogP) is 2.99. The Labute approximate surface area is 159 Å². The number of alkyl halides is 3. The van der Waals surface area contributed by atoms with Gasteiger partial charge in [-0.15, -0.1) is 11.3 Å². The van der Waals surface area contributed by atoms with Crippen LogP contribution in [0.1, 0.15) is 17.4 Å². The molecule has 1 fully saturated rings. The number of piperazine rings is 1. The van der Waals surface area contributed by atoms with E-state index in [0.29, 0.717) is 38.5 Å². The summed E-state index contributed by atoms with van der Waals surface area (Å²) in [6, 6.07) is 5.67. The van der Waals surface area contributed by atoms with E-state index >= 15 is 0 Å². The zero-order chi connectivity index (χ0) is 19.4. The van der Waals surface area contributed by atoms with Crippen molar-refractivity contribution in [1.29, 1.82) is 0 Å². The van der Waals surface area contributed by atoms with Crippen LogP contribution >= 0.6 is 11.3 Å². The summed E-state index contributed by atoms with van der Waals surface area (Å²) in [4.78, 5) is 21.4. The van der Waals surface area contributed by atoms with Crippen molar-refractivity contribution >= 4 is 23.1 Å². The van der Waals surface area contributed by atoms with Crippen LogP contribution in [0.3, 0.4) is 0 Å². The highest BCUT2D eigenvalue weighted by molar-refractivity contribution is 7.09. The number of hydrogen-bond acceptors (Lipinski definition) is 5. The Hall–Kier alpha value is -2.13. The van der Waals surface area contributed by atoms with Crippen LogP contribution in [0.2, 0.25) is 0 Å². The van der Waals surface area contributed by atoms with Crippen molar-refractivity contribution in [1.82, 2.24) is 15.2 Å². The average molecular weight is 398 g/mol. The summed E-state index contributed by atoms with van der Waals surface area (Å²) < 4.78 is 38.6. The van der Waals surface area contributed by atoms with E-state index in [2.05, 4.69) is 10.3 Å². The molecule has 146 valence electrons.